The van der Waals surface area contributed by atoms with Crippen LogP contribution in [0, 0.1) is 35.4 Å². The Hall–Kier alpha value is -3.48. The van der Waals surface area contributed by atoms with Crippen LogP contribution >= 0.6 is 23.1 Å². The highest BCUT2D eigenvalue weighted by molar-refractivity contribution is 8.00. The molecule has 5 aliphatic rings. The molecule has 7 atom stereocenters. The molecule has 1 N–H and O–H groups in total. The van der Waals surface area contributed by atoms with Gasteiger partial charge in [0.2, 0.25) is 11.8 Å². The molecule has 2 aromatic carbocycles. The Kier molecular flexibility index (Phi) is 6.50. The molecule has 3 amide bonds. The van der Waals surface area contributed by atoms with Gasteiger partial charge in [0.05, 0.1) is 35.8 Å². The largest absolute Gasteiger partial charge is 0.484 e. The van der Waals surface area contributed by atoms with E-state index in [2.05, 4.69) is 4.98 Å². The zero-order chi connectivity index (χ0) is 29.4. The van der Waals surface area contributed by atoms with Crippen molar-refractivity contribution < 1.29 is 28.2 Å². The van der Waals surface area contributed by atoms with Gasteiger partial charge in [-0.2, -0.15) is 0 Å². The number of morpholine rings is 1. The van der Waals surface area contributed by atoms with Gasteiger partial charge in [-0.1, -0.05) is 23.5 Å². The number of rotatable bonds is 5. The van der Waals surface area contributed by atoms with Crippen molar-refractivity contribution in [2.45, 2.75) is 22.6 Å². The molecule has 2 saturated carbocycles. The summed E-state index contributed by atoms with van der Waals surface area (Å²) in [4.78, 5) is 59.4. The van der Waals surface area contributed by atoms with Gasteiger partial charge in [0, 0.05) is 29.1 Å². The van der Waals surface area contributed by atoms with Gasteiger partial charge in [0.25, 0.3) is 5.91 Å². The third kappa shape index (κ3) is 4.28. The molecule has 3 aliphatic heterocycles. The second-order valence-electron chi connectivity index (χ2n) is 11.8. The molecule has 0 radical (unpaired) electrons. The number of aromatic amines is 1. The van der Waals surface area contributed by atoms with Gasteiger partial charge in [0.15, 0.2) is 6.61 Å². The lowest BCUT2D eigenvalue weighted by atomic mass is 9.68. The Morgan fingerprint density at radius 2 is 1.67 bits per heavy atom. The summed E-state index contributed by atoms with van der Waals surface area (Å²) in [5.41, 5.74) is 1.42. The number of ether oxygens (including phenoxy) is 2. The molecule has 0 spiro atoms. The molecule has 222 valence electrons. The number of amides is 3. The summed E-state index contributed by atoms with van der Waals surface area (Å²) in [6, 6.07) is 13.2. The molecular formula is C31H28FN3O6S2. The molecular weight excluding hydrogens is 593 g/mol. The number of hydrogen-bond acceptors (Lipinski definition) is 8. The number of imide groups is 1. The number of fused-ring (bicyclic) bond motifs is 9. The fourth-order valence-electron chi connectivity index (χ4n) is 8.06. The number of benzene rings is 2. The van der Waals surface area contributed by atoms with E-state index in [0.29, 0.717) is 37.7 Å². The standard InChI is InChI=1S/C31H28FN3O6S2/c32-16-3-5-17(6-4-16)35-29(37)24-19-13-20(25(24)30(35)38)26-23(19)22(27-28(42-26)33-31(39)43-27)15-1-7-18(8-2-15)41-14-21(36)34-9-11-40-12-10-34/h1-8,19-20,22-26H,9-14H2,(H,33,39)/t19-,20-,22+,23-,24+,25+,26-/m1/s1. The number of carbonyl (C=O) groups is 3. The smallest absolute Gasteiger partial charge is 0.305 e. The van der Waals surface area contributed by atoms with Gasteiger partial charge in [-0.3, -0.25) is 24.1 Å². The summed E-state index contributed by atoms with van der Waals surface area (Å²) in [7, 11) is 0. The SMILES string of the molecule is O=C(COc1ccc([C@@H]2c3sc(=O)[nH]c3S[C@@H]3[C@@H]4C[C@@H]([C@@H]5C(=O)N(c6ccc(F)cc6)C(=O)[C@@H]45)[C@H]23)cc1)N1CCOCC1. The predicted octanol–water partition coefficient (Wildman–Crippen LogP) is 3.49. The van der Waals surface area contributed by atoms with Crippen molar-refractivity contribution in [1.82, 2.24) is 9.88 Å². The van der Waals surface area contributed by atoms with Crippen molar-refractivity contribution in [1.29, 1.82) is 0 Å². The van der Waals surface area contributed by atoms with E-state index in [4.69, 9.17) is 9.47 Å². The topological polar surface area (TPSA) is 109 Å². The third-order valence-electron chi connectivity index (χ3n) is 9.77. The first kappa shape index (κ1) is 27.1. The maximum Gasteiger partial charge on any atom is 0.305 e. The summed E-state index contributed by atoms with van der Waals surface area (Å²) in [5.74, 6) is -1.26. The van der Waals surface area contributed by atoms with Crippen LogP contribution in [0.5, 0.6) is 5.75 Å². The van der Waals surface area contributed by atoms with Gasteiger partial charge in [-0.15, -0.1) is 11.8 Å². The first-order valence-electron chi connectivity index (χ1n) is 14.5. The van der Waals surface area contributed by atoms with Crippen LogP contribution in [0.15, 0.2) is 58.4 Å². The molecule has 0 unspecified atom stereocenters. The highest BCUT2D eigenvalue weighted by atomic mass is 32.2. The summed E-state index contributed by atoms with van der Waals surface area (Å²) >= 11 is 2.84. The third-order valence-corrected chi connectivity index (χ3v) is 12.4. The molecule has 4 heterocycles. The molecule has 2 saturated heterocycles. The van der Waals surface area contributed by atoms with Crippen LogP contribution in [-0.2, 0) is 19.1 Å². The van der Waals surface area contributed by atoms with E-state index in [1.807, 2.05) is 24.3 Å². The van der Waals surface area contributed by atoms with Gasteiger partial charge in [0.1, 0.15) is 11.6 Å². The number of carbonyl (C=O) groups excluding carboxylic acids is 3. The second kappa shape index (κ2) is 10.3. The maximum absolute atomic E-state index is 13.8. The molecule has 12 heteroatoms. The number of nitrogens with zero attached hydrogens (tertiary/aromatic N) is 2. The summed E-state index contributed by atoms with van der Waals surface area (Å²) in [6.45, 7) is 2.13. The van der Waals surface area contributed by atoms with E-state index in [1.54, 1.807) is 16.7 Å². The summed E-state index contributed by atoms with van der Waals surface area (Å²) in [5, 5.41) is 0.912. The highest BCUT2D eigenvalue weighted by Gasteiger charge is 2.69. The Bertz CT molecular complexity index is 1670. The van der Waals surface area contributed by atoms with E-state index in [9.17, 15) is 23.6 Å². The van der Waals surface area contributed by atoms with Crippen LogP contribution in [0.2, 0.25) is 0 Å². The number of thiazole rings is 1. The second-order valence-corrected chi connectivity index (χ2v) is 14.0. The molecule has 9 nitrogen and oxygen atoms in total. The Labute approximate surface area is 254 Å². The molecule has 2 bridgehead atoms. The number of anilines is 1. The van der Waals surface area contributed by atoms with Crippen molar-refractivity contribution in [2.75, 3.05) is 37.8 Å². The number of hydrogen-bond donors (Lipinski definition) is 1. The van der Waals surface area contributed by atoms with E-state index in [-0.39, 0.29) is 58.1 Å². The van der Waals surface area contributed by atoms with E-state index in [1.165, 1.54) is 40.5 Å². The van der Waals surface area contributed by atoms with E-state index in [0.717, 1.165) is 21.9 Å². The van der Waals surface area contributed by atoms with E-state index >= 15 is 0 Å². The average molecular weight is 622 g/mol. The van der Waals surface area contributed by atoms with Crippen molar-refractivity contribution in [3.05, 3.63) is 74.5 Å². The van der Waals surface area contributed by atoms with Crippen LogP contribution in [0.3, 0.4) is 0 Å². The van der Waals surface area contributed by atoms with E-state index < -0.39 is 17.7 Å². The fourth-order valence-corrected chi connectivity index (χ4v) is 10.9. The first-order chi connectivity index (χ1) is 20.9. The van der Waals surface area contributed by atoms with Crippen LogP contribution in [0.1, 0.15) is 22.8 Å². The molecule has 2 aliphatic carbocycles. The number of nitrogens with one attached hydrogen (secondary N) is 1. The summed E-state index contributed by atoms with van der Waals surface area (Å²) in [6.07, 6.45) is 0.785. The summed E-state index contributed by atoms with van der Waals surface area (Å²) < 4.78 is 24.7. The Morgan fingerprint density at radius 3 is 2.40 bits per heavy atom. The lowest BCUT2D eigenvalue weighted by Crippen LogP contribution is -2.43. The average Bonchev–Trinajstić information content (AvgIpc) is 3.76. The van der Waals surface area contributed by atoms with Crippen LogP contribution in [0.25, 0.3) is 0 Å². The van der Waals surface area contributed by atoms with Gasteiger partial charge in [-0.05, 0) is 66.1 Å². The molecule has 3 aromatic rings. The Morgan fingerprint density at radius 1 is 0.977 bits per heavy atom. The Balaban J connectivity index is 1.08. The van der Waals surface area contributed by atoms with Gasteiger partial charge < -0.3 is 19.4 Å². The van der Waals surface area contributed by atoms with Crippen molar-refractivity contribution >= 4 is 46.5 Å². The van der Waals surface area contributed by atoms with Crippen molar-refractivity contribution in [2.24, 2.45) is 29.6 Å². The molecule has 4 fully saturated rings. The molecule has 1 aromatic heterocycles. The normalized spacial score (nSPS) is 30.8. The quantitative estimate of drug-likeness (QED) is 0.435. The molecule has 43 heavy (non-hydrogen) atoms. The lowest BCUT2D eigenvalue weighted by molar-refractivity contribution is -0.137. The van der Waals surface area contributed by atoms with Crippen molar-refractivity contribution in [3.63, 3.8) is 0 Å². The minimum Gasteiger partial charge on any atom is -0.484 e. The number of aromatic nitrogens is 1. The minimum atomic E-state index is -0.432. The minimum absolute atomic E-state index is 0.000225. The fraction of sp³-hybridized carbons (Fsp3) is 0.419. The van der Waals surface area contributed by atoms with Gasteiger partial charge >= 0.3 is 4.87 Å². The lowest BCUT2D eigenvalue weighted by Gasteiger charge is -2.43. The van der Waals surface area contributed by atoms with Crippen LogP contribution < -0.4 is 14.5 Å². The zero-order valence-corrected chi connectivity index (χ0v) is 24.6. The monoisotopic (exact) mass is 621 g/mol. The van der Waals surface area contributed by atoms with Gasteiger partial charge in [-0.25, -0.2) is 4.39 Å². The van der Waals surface area contributed by atoms with Crippen LogP contribution in [0.4, 0.5) is 10.1 Å². The first-order valence-corrected chi connectivity index (χ1v) is 16.2. The van der Waals surface area contributed by atoms with Crippen LogP contribution in [-0.4, -0.2) is 65.8 Å². The highest BCUT2D eigenvalue weighted by Crippen LogP contribution is 2.68. The predicted molar refractivity (Wildman–Crippen MR) is 157 cm³/mol. The number of halogens is 1. The van der Waals surface area contributed by atoms with Crippen molar-refractivity contribution in [3.8, 4) is 5.75 Å². The zero-order valence-electron chi connectivity index (χ0n) is 22.9. The number of H-pyrrole nitrogens is 1. The maximum atomic E-state index is 13.8. The number of thioether (sulfide) groups is 1. The molecule has 8 rings (SSSR count).